The van der Waals surface area contributed by atoms with Crippen LogP contribution in [0.4, 0.5) is 0 Å². The summed E-state index contributed by atoms with van der Waals surface area (Å²) in [6.07, 6.45) is 1.71. The van der Waals surface area contributed by atoms with Gasteiger partial charge in [0.2, 0.25) is 0 Å². The fraction of sp³-hybridized carbons (Fsp3) is 0.316. The zero-order valence-electron chi connectivity index (χ0n) is 14.4. The van der Waals surface area contributed by atoms with E-state index < -0.39 is 0 Å². The van der Waals surface area contributed by atoms with E-state index in [1.807, 2.05) is 43.1 Å². The molecule has 1 aliphatic heterocycles. The lowest BCUT2D eigenvalue weighted by Gasteiger charge is -2.17. The predicted molar refractivity (Wildman–Crippen MR) is 96.3 cm³/mol. The van der Waals surface area contributed by atoms with Gasteiger partial charge in [0.15, 0.2) is 5.65 Å². The van der Waals surface area contributed by atoms with Crippen molar-refractivity contribution < 1.29 is 4.79 Å². The highest BCUT2D eigenvalue weighted by Gasteiger charge is 2.35. The number of carbonyl (C=O) groups is 1. The van der Waals surface area contributed by atoms with Crippen molar-refractivity contribution in [2.24, 2.45) is 12.8 Å². The Morgan fingerprint density at radius 3 is 2.76 bits per heavy atom. The molecule has 2 atom stereocenters. The van der Waals surface area contributed by atoms with E-state index in [0.29, 0.717) is 18.7 Å². The van der Waals surface area contributed by atoms with Crippen molar-refractivity contribution >= 4 is 16.9 Å². The zero-order chi connectivity index (χ0) is 17.6. The van der Waals surface area contributed by atoms with Gasteiger partial charge < -0.3 is 10.6 Å². The molecule has 0 saturated carbocycles. The summed E-state index contributed by atoms with van der Waals surface area (Å²) in [6.45, 7) is 3.08. The molecule has 1 fully saturated rings. The molecule has 3 heterocycles. The molecule has 3 aromatic rings. The van der Waals surface area contributed by atoms with Gasteiger partial charge in [-0.1, -0.05) is 30.3 Å². The number of fused-ring (bicyclic) bond motifs is 1. The minimum atomic E-state index is -0.0568. The van der Waals surface area contributed by atoms with Crippen LogP contribution in [0.5, 0.6) is 0 Å². The number of amides is 1. The molecule has 4 rings (SSSR count). The number of aromatic nitrogens is 3. The number of hydrogen-bond acceptors (Lipinski definition) is 4. The van der Waals surface area contributed by atoms with Gasteiger partial charge in [0, 0.05) is 37.8 Å². The highest BCUT2D eigenvalue weighted by atomic mass is 16.2. The third kappa shape index (κ3) is 2.68. The maximum Gasteiger partial charge on any atom is 0.254 e. The largest absolute Gasteiger partial charge is 0.336 e. The minimum Gasteiger partial charge on any atom is -0.336 e. The average molecular weight is 335 g/mol. The molecule has 2 aromatic heterocycles. The van der Waals surface area contributed by atoms with Gasteiger partial charge in [0.25, 0.3) is 5.91 Å². The average Bonchev–Trinajstić information content (AvgIpc) is 3.18. The van der Waals surface area contributed by atoms with E-state index in [-0.39, 0.29) is 17.9 Å². The maximum absolute atomic E-state index is 13.2. The SMILES string of the molecule is Cc1cc(C(=O)N2C[C@@H](N)[C@H](c3ccccc3)C2)c2cnn(C)c2n1. The molecule has 2 N–H and O–H groups in total. The van der Waals surface area contributed by atoms with Crippen molar-refractivity contribution in [1.29, 1.82) is 0 Å². The second-order valence-electron chi connectivity index (χ2n) is 6.71. The summed E-state index contributed by atoms with van der Waals surface area (Å²) in [5, 5.41) is 5.03. The molecular formula is C19H21N5O. The van der Waals surface area contributed by atoms with Gasteiger partial charge in [0.05, 0.1) is 17.1 Å². The first kappa shape index (κ1) is 15.8. The molecule has 0 unspecified atom stereocenters. The van der Waals surface area contributed by atoms with Crippen LogP contribution in [-0.2, 0) is 7.05 Å². The lowest BCUT2D eigenvalue weighted by Crippen LogP contribution is -2.32. The molecule has 6 nitrogen and oxygen atoms in total. The Balaban J connectivity index is 1.66. The van der Waals surface area contributed by atoms with Gasteiger partial charge in [-0.2, -0.15) is 5.10 Å². The van der Waals surface area contributed by atoms with Gasteiger partial charge >= 0.3 is 0 Å². The lowest BCUT2D eigenvalue weighted by molar-refractivity contribution is 0.0791. The first-order valence-electron chi connectivity index (χ1n) is 8.43. The van der Waals surface area contributed by atoms with Crippen LogP contribution in [0.1, 0.15) is 27.5 Å². The number of rotatable bonds is 2. The second-order valence-corrected chi connectivity index (χ2v) is 6.71. The predicted octanol–water partition coefficient (Wildman–Crippen LogP) is 1.84. The van der Waals surface area contributed by atoms with Crippen LogP contribution in [-0.4, -0.2) is 44.7 Å². The van der Waals surface area contributed by atoms with Crippen LogP contribution in [0.2, 0.25) is 0 Å². The molecule has 1 aromatic carbocycles. The molecule has 0 bridgehead atoms. The van der Waals surface area contributed by atoms with Crippen molar-refractivity contribution in [2.75, 3.05) is 13.1 Å². The molecule has 6 heteroatoms. The van der Waals surface area contributed by atoms with Crippen LogP contribution in [0, 0.1) is 6.92 Å². The summed E-state index contributed by atoms with van der Waals surface area (Å²) in [4.78, 5) is 19.5. The number of nitrogens with two attached hydrogens (primary N) is 1. The van der Waals surface area contributed by atoms with Gasteiger partial charge in [-0.25, -0.2) is 4.98 Å². The fourth-order valence-corrected chi connectivity index (χ4v) is 3.63. The Hall–Kier alpha value is -2.73. The van der Waals surface area contributed by atoms with Crippen molar-refractivity contribution in [1.82, 2.24) is 19.7 Å². The Bertz CT molecular complexity index is 934. The van der Waals surface area contributed by atoms with Crippen LogP contribution in [0.15, 0.2) is 42.6 Å². The van der Waals surface area contributed by atoms with Crippen molar-refractivity contribution in [3.63, 3.8) is 0 Å². The standard InChI is InChI=1S/C19H21N5O/c1-12-8-14(15-9-21-23(2)18(15)22-12)19(25)24-10-16(17(20)11-24)13-6-4-3-5-7-13/h3-9,16-17H,10-11,20H2,1-2H3/t16-,17+/m0/s1. The summed E-state index contributed by atoms with van der Waals surface area (Å²) in [6, 6.07) is 12.0. The number of nitrogens with zero attached hydrogens (tertiary/aromatic N) is 4. The second kappa shape index (κ2) is 5.97. The lowest BCUT2D eigenvalue weighted by atomic mass is 9.95. The third-order valence-corrected chi connectivity index (χ3v) is 4.94. The molecule has 0 radical (unpaired) electrons. The van der Waals surface area contributed by atoms with Gasteiger partial charge in [0.1, 0.15) is 0 Å². The number of aryl methyl sites for hydroxylation is 2. The molecule has 0 aliphatic carbocycles. The van der Waals surface area contributed by atoms with E-state index in [2.05, 4.69) is 22.2 Å². The van der Waals surface area contributed by atoms with Crippen LogP contribution in [0.25, 0.3) is 11.0 Å². The number of pyridine rings is 1. The van der Waals surface area contributed by atoms with Crippen LogP contribution in [0.3, 0.4) is 0 Å². The van der Waals surface area contributed by atoms with Crippen LogP contribution < -0.4 is 5.73 Å². The number of carbonyl (C=O) groups excluding carboxylic acids is 1. The quantitative estimate of drug-likeness (QED) is 0.775. The Labute approximate surface area is 146 Å². The highest BCUT2D eigenvalue weighted by Crippen LogP contribution is 2.28. The highest BCUT2D eigenvalue weighted by molar-refractivity contribution is 6.05. The number of likely N-dealkylation sites (tertiary alicyclic amines) is 1. The van der Waals surface area contributed by atoms with Crippen molar-refractivity contribution in [2.45, 2.75) is 18.9 Å². The topological polar surface area (TPSA) is 77.0 Å². The Kier molecular flexibility index (Phi) is 3.77. The number of benzene rings is 1. The fourth-order valence-electron chi connectivity index (χ4n) is 3.63. The molecule has 0 spiro atoms. The van der Waals surface area contributed by atoms with Gasteiger partial charge in [-0.05, 0) is 18.6 Å². The van der Waals surface area contributed by atoms with Gasteiger partial charge in [-0.15, -0.1) is 0 Å². The van der Waals surface area contributed by atoms with E-state index in [0.717, 1.165) is 16.7 Å². The molecule has 1 amide bonds. The molecule has 1 aliphatic rings. The van der Waals surface area contributed by atoms with Crippen LogP contribution >= 0.6 is 0 Å². The van der Waals surface area contributed by atoms with Gasteiger partial charge in [-0.3, -0.25) is 9.48 Å². The van der Waals surface area contributed by atoms with Crippen molar-refractivity contribution in [3.8, 4) is 0 Å². The third-order valence-electron chi connectivity index (χ3n) is 4.94. The summed E-state index contributed by atoms with van der Waals surface area (Å²) >= 11 is 0. The zero-order valence-corrected chi connectivity index (χ0v) is 14.4. The summed E-state index contributed by atoms with van der Waals surface area (Å²) < 4.78 is 1.70. The normalized spacial score (nSPS) is 20.4. The number of hydrogen-bond donors (Lipinski definition) is 1. The monoisotopic (exact) mass is 335 g/mol. The molecule has 25 heavy (non-hydrogen) atoms. The molecule has 1 saturated heterocycles. The first-order valence-corrected chi connectivity index (χ1v) is 8.43. The molecular weight excluding hydrogens is 314 g/mol. The smallest absolute Gasteiger partial charge is 0.254 e. The summed E-state index contributed by atoms with van der Waals surface area (Å²) in [5.74, 6) is 0.162. The van der Waals surface area contributed by atoms with E-state index in [4.69, 9.17) is 5.73 Å². The Morgan fingerprint density at radius 1 is 1.24 bits per heavy atom. The Morgan fingerprint density at radius 2 is 2.00 bits per heavy atom. The molecule has 128 valence electrons. The van der Waals surface area contributed by atoms with Crippen molar-refractivity contribution in [3.05, 3.63) is 59.4 Å². The van der Waals surface area contributed by atoms with E-state index in [1.165, 1.54) is 5.56 Å². The minimum absolute atomic E-state index is 0.00242. The summed E-state index contributed by atoms with van der Waals surface area (Å²) in [5.41, 5.74) is 9.71. The first-order chi connectivity index (χ1) is 12.0. The maximum atomic E-state index is 13.2. The van der Waals surface area contributed by atoms with E-state index >= 15 is 0 Å². The summed E-state index contributed by atoms with van der Waals surface area (Å²) in [7, 11) is 1.83. The van der Waals surface area contributed by atoms with E-state index in [1.54, 1.807) is 10.9 Å². The van der Waals surface area contributed by atoms with E-state index in [9.17, 15) is 4.79 Å².